The fourth-order valence-electron chi connectivity index (χ4n) is 1.45. The molecule has 1 aromatic heterocycles. The summed E-state index contributed by atoms with van der Waals surface area (Å²) < 4.78 is 0. The standard InChI is InChI=1S/C11H19N3.C2H6/c1-5-10(4)14(6-2)11-8-12-9(3)7-13-11;1-2/h7-8,10H,5-6H2,1-4H3;1-2H3. The number of hydrogen-bond donors (Lipinski definition) is 0. The molecule has 3 nitrogen and oxygen atoms in total. The second-order valence-electron chi connectivity index (χ2n) is 3.56. The van der Waals surface area contributed by atoms with E-state index in [1.54, 1.807) is 0 Å². The van der Waals surface area contributed by atoms with E-state index in [-0.39, 0.29) is 0 Å². The Morgan fingerprint density at radius 1 is 1.19 bits per heavy atom. The molecule has 1 aromatic rings. The lowest BCUT2D eigenvalue weighted by Crippen LogP contribution is -2.33. The quantitative estimate of drug-likeness (QED) is 0.783. The van der Waals surface area contributed by atoms with Crippen molar-refractivity contribution in [1.29, 1.82) is 0 Å². The Morgan fingerprint density at radius 2 is 1.81 bits per heavy atom. The van der Waals surface area contributed by atoms with Crippen molar-refractivity contribution in [2.45, 2.75) is 54.0 Å². The van der Waals surface area contributed by atoms with E-state index in [1.807, 2.05) is 33.2 Å². The fraction of sp³-hybridized carbons (Fsp3) is 0.692. The molecule has 0 saturated carbocycles. The van der Waals surface area contributed by atoms with Gasteiger partial charge in [-0.25, -0.2) is 4.98 Å². The van der Waals surface area contributed by atoms with Crippen molar-refractivity contribution >= 4 is 5.82 Å². The summed E-state index contributed by atoms with van der Waals surface area (Å²) in [4.78, 5) is 10.9. The molecule has 3 heteroatoms. The van der Waals surface area contributed by atoms with Crippen LogP contribution < -0.4 is 4.90 Å². The smallest absolute Gasteiger partial charge is 0.147 e. The molecule has 92 valence electrons. The zero-order valence-electron chi connectivity index (χ0n) is 11.5. The highest BCUT2D eigenvalue weighted by molar-refractivity contribution is 5.36. The molecule has 0 aliphatic rings. The van der Waals surface area contributed by atoms with Gasteiger partial charge in [0.05, 0.1) is 18.1 Å². The molecule has 1 unspecified atom stereocenters. The van der Waals surface area contributed by atoms with Crippen LogP contribution in [-0.4, -0.2) is 22.6 Å². The van der Waals surface area contributed by atoms with Crippen LogP contribution in [0.25, 0.3) is 0 Å². The Labute approximate surface area is 99.9 Å². The monoisotopic (exact) mass is 223 g/mol. The topological polar surface area (TPSA) is 29.0 Å². The maximum absolute atomic E-state index is 4.38. The second kappa shape index (κ2) is 8.08. The van der Waals surface area contributed by atoms with Crippen molar-refractivity contribution in [2.75, 3.05) is 11.4 Å². The van der Waals surface area contributed by atoms with Gasteiger partial charge in [-0.3, -0.25) is 4.98 Å². The van der Waals surface area contributed by atoms with Gasteiger partial charge in [-0.15, -0.1) is 0 Å². The van der Waals surface area contributed by atoms with Crippen molar-refractivity contribution in [3.05, 3.63) is 18.1 Å². The molecule has 0 aromatic carbocycles. The lowest BCUT2D eigenvalue weighted by atomic mass is 10.2. The number of nitrogens with zero attached hydrogens (tertiary/aromatic N) is 3. The van der Waals surface area contributed by atoms with Crippen molar-refractivity contribution in [2.24, 2.45) is 0 Å². The lowest BCUT2D eigenvalue weighted by Gasteiger charge is -2.27. The highest BCUT2D eigenvalue weighted by Gasteiger charge is 2.11. The van der Waals surface area contributed by atoms with Gasteiger partial charge in [0.25, 0.3) is 0 Å². The first-order chi connectivity index (χ1) is 7.69. The van der Waals surface area contributed by atoms with Crippen LogP contribution in [0.3, 0.4) is 0 Å². The molecule has 1 heterocycles. The molecule has 1 atom stereocenters. The van der Waals surface area contributed by atoms with E-state index in [2.05, 4.69) is 35.6 Å². The molecule has 0 amide bonds. The van der Waals surface area contributed by atoms with Crippen LogP contribution in [0.4, 0.5) is 5.82 Å². The van der Waals surface area contributed by atoms with E-state index in [0.717, 1.165) is 24.5 Å². The van der Waals surface area contributed by atoms with Gasteiger partial charge in [-0.2, -0.15) is 0 Å². The first kappa shape index (κ1) is 14.9. The summed E-state index contributed by atoms with van der Waals surface area (Å²) >= 11 is 0. The molecule has 0 spiro atoms. The molecule has 0 radical (unpaired) electrons. The van der Waals surface area contributed by atoms with Crippen LogP contribution in [0.15, 0.2) is 12.4 Å². The van der Waals surface area contributed by atoms with E-state index >= 15 is 0 Å². The third-order valence-corrected chi connectivity index (χ3v) is 2.53. The molecule has 0 fully saturated rings. The van der Waals surface area contributed by atoms with Gasteiger partial charge in [0.15, 0.2) is 0 Å². The van der Waals surface area contributed by atoms with E-state index in [4.69, 9.17) is 0 Å². The predicted octanol–water partition coefficient (Wildman–Crippen LogP) is 3.44. The van der Waals surface area contributed by atoms with Crippen molar-refractivity contribution in [3.63, 3.8) is 0 Å². The minimum Gasteiger partial charge on any atom is -0.353 e. The van der Waals surface area contributed by atoms with Crippen LogP contribution in [0.5, 0.6) is 0 Å². The normalized spacial score (nSPS) is 11.4. The number of anilines is 1. The zero-order valence-corrected chi connectivity index (χ0v) is 11.5. The molecule has 0 aliphatic carbocycles. The van der Waals surface area contributed by atoms with Crippen LogP contribution >= 0.6 is 0 Å². The van der Waals surface area contributed by atoms with Crippen molar-refractivity contribution < 1.29 is 0 Å². The van der Waals surface area contributed by atoms with E-state index < -0.39 is 0 Å². The largest absolute Gasteiger partial charge is 0.353 e. The minimum atomic E-state index is 0.525. The summed E-state index contributed by atoms with van der Waals surface area (Å²) in [5.41, 5.74) is 0.967. The van der Waals surface area contributed by atoms with Gasteiger partial charge in [0.1, 0.15) is 5.82 Å². The third kappa shape index (κ3) is 4.17. The summed E-state index contributed by atoms with van der Waals surface area (Å²) in [7, 11) is 0. The average Bonchev–Trinajstić information content (AvgIpc) is 2.34. The van der Waals surface area contributed by atoms with Gasteiger partial charge in [-0.1, -0.05) is 20.8 Å². The first-order valence-corrected chi connectivity index (χ1v) is 6.24. The predicted molar refractivity (Wildman–Crippen MR) is 70.9 cm³/mol. The summed E-state index contributed by atoms with van der Waals surface area (Å²) in [6.07, 6.45) is 4.80. The van der Waals surface area contributed by atoms with Gasteiger partial charge in [0.2, 0.25) is 0 Å². The van der Waals surface area contributed by atoms with Crippen LogP contribution in [0.1, 0.15) is 46.7 Å². The SMILES string of the molecule is CC.CCC(C)N(CC)c1cnc(C)cn1. The molecule has 0 saturated heterocycles. The van der Waals surface area contributed by atoms with Crippen LogP contribution in [-0.2, 0) is 0 Å². The fourth-order valence-corrected chi connectivity index (χ4v) is 1.45. The maximum atomic E-state index is 4.38. The van der Waals surface area contributed by atoms with Crippen molar-refractivity contribution in [1.82, 2.24) is 9.97 Å². The molecule has 0 bridgehead atoms. The summed E-state index contributed by atoms with van der Waals surface area (Å²) in [6, 6.07) is 0.525. The Hall–Kier alpha value is -1.12. The van der Waals surface area contributed by atoms with Crippen LogP contribution in [0, 0.1) is 6.92 Å². The number of aryl methyl sites for hydroxylation is 1. The molecule has 0 N–H and O–H groups in total. The van der Waals surface area contributed by atoms with Crippen LogP contribution in [0.2, 0.25) is 0 Å². The van der Waals surface area contributed by atoms with Gasteiger partial charge < -0.3 is 4.90 Å². The Kier molecular flexibility index (Phi) is 7.52. The number of aromatic nitrogens is 2. The van der Waals surface area contributed by atoms with Gasteiger partial charge >= 0.3 is 0 Å². The third-order valence-electron chi connectivity index (χ3n) is 2.53. The highest BCUT2D eigenvalue weighted by Crippen LogP contribution is 2.13. The van der Waals surface area contributed by atoms with E-state index in [1.165, 1.54) is 0 Å². The number of hydrogen-bond acceptors (Lipinski definition) is 3. The maximum Gasteiger partial charge on any atom is 0.147 e. The molecule has 16 heavy (non-hydrogen) atoms. The molecular weight excluding hydrogens is 198 g/mol. The van der Waals surface area contributed by atoms with E-state index in [0.29, 0.717) is 6.04 Å². The molecular formula is C13H25N3. The number of rotatable bonds is 4. The highest BCUT2D eigenvalue weighted by atomic mass is 15.2. The van der Waals surface area contributed by atoms with Gasteiger partial charge in [0, 0.05) is 12.6 Å². The Bertz CT molecular complexity index is 269. The summed E-state index contributed by atoms with van der Waals surface area (Å²) in [5.74, 6) is 0.979. The Balaban J connectivity index is 0.00000106. The lowest BCUT2D eigenvalue weighted by molar-refractivity contribution is 0.621. The minimum absolute atomic E-state index is 0.525. The summed E-state index contributed by atoms with van der Waals surface area (Å²) in [5, 5.41) is 0. The van der Waals surface area contributed by atoms with Gasteiger partial charge in [-0.05, 0) is 27.2 Å². The average molecular weight is 223 g/mol. The second-order valence-corrected chi connectivity index (χ2v) is 3.56. The zero-order chi connectivity index (χ0) is 12.6. The Morgan fingerprint density at radius 3 is 2.19 bits per heavy atom. The first-order valence-electron chi connectivity index (χ1n) is 6.24. The van der Waals surface area contributed by atoms with E-state index in [9.17, 15) is 0 Å². The van der Waals surface area contributed by atoms with Crippen molar-refractivity contribution in [3.8, 4) is 0 Å². The summed E-state index contributed by atoms with van der Waals surface area (Å²) in [6.45, 7) is 13.5. The molecule has 0 aliphatic heterocycles. The molecule has 1 rings (SSSR count).